The van der Waals surface area contributed by atoms with Gasteiger partial charge in [0.2, 0.25) is 0 Å². The molecule has 2 aliphatic heterocycles. The van der Waals surface area contributed by atoms with Crippen molar-refractivity contribution in [2.24, 2.45) is 29.6 Å². The zero-order valence-electron chi connectivity index (χ0n) is 16.4. The zero-order valence-corrected chi connectivity index (χ0v) is 16.4. The van der Waals surface area contributed by atoms with E-state index in [0.29, 0.717) is 41.8 Å². The maximum Gasteiger partial charge on any atom is 0.161 e. The van der Waals surface area contributed by atoms with Gasteiger partial charge in [0, 0.05) is 5.92 Å². The van der Waals surface area contributed by atoms with Crippen LogP contribution in [0.3, 0.4) is 0 Å². The normalized spacial score (nSPS) is 51.7. The van der Waals surface area contributed by atoms with Crippen LogP contribution < -0.4 is 0 Å². The molecule has 0 aromatic carbocycles. The van der Waals surface area contributed by atoms with E-state index in [1.54, 1.807) is 0 Å². The molecule has 0 bridgehead atoms. The number of hydrogen-bond donors (Lipinski definition) is 0. The first-order valence-corrected chi connectivity index (χ1v) is 9.78. The lowest BCUT2D eigenvalue weighted by Crippen LogP contribution is -2.54. The van der Waals surface area contributed by atoms with Crippen molar-refractivity contribution >= 4 is 0 Å². The molecule has 136 valence electrons. The highest BCUT2D eigenvalue weighted by Gasteiger charge is 2.45. The SMILES string of the molecule is CCC1O[C@@H](O[C@H]2C(CC)OC(C)C(C)[C@@H]2C)C(C)[C@@H](C)[C@@H]1C. The number of rotatable bonds is 4. The molecule has 10 atom stereocenters. The lowest BCUT2D eigenvalue weighted by molar-refractivity contribution is -0.299. The van der Waals surface area contributed by atoms with E-state index in [1.807, 2.05) is 0 Å². The molecule has 3 heteroatoms. The fourth-order valence-electron chi connectivity index (χ4n) is 4.35. The molecule has 0 aromatic rings. The zero-order chi connectivity index (χ0) is 17.3. The fourth-order valence-corrected chi connectivity index (χ4v) is 4.35. The highest BCUT2D eigenvalue weighted by Crippen LogP contribution is 2.40. The van der Waals surface area contributed by atoms with Crippen LogP contribution in [0.1, 0.15) is 68.2 Å². The van der Waals surface area contributed by atoms with Crippen LogP contribution in [0.2, 0.25) is 0 Å². The third-order valence-corrected chi connectivity index (χ3v) is 6.92. The van der Waals surface area contributed by atoms with E-state index < -0.39 is 0 Å². The molecule has 23 heavy (non-hydrogen) atoms. The second-order valence-corrected chi connectivity index (χ2v) is 8.14. The Morgan fingerprint density at radius 3 is 1.83 bits per heavy atom. The van der Waals surface area contributed by atoms with E-state index in [1.165, 1.54) is 0 Å². The van der Waals surface area contributed by atoms with Crippen LogP contribution in [0.15, 0.2) is 0 Å². The summed E-state index contributed by atoms with van der Waals surface area (Å²) < 4.78 is 19.2. The van der Waals surface area contributed by atoms with Crippen molar-refractivity contribution in [2.75, 3.05) is 0 Å². The highest BCUT2D eigenvalue weighted by molar-refractivity contribution is 4.89. The quantitative estimate of drug-likeness (QED) is 0.736. The molecule has 3 nitrogen and oxygen atoms in total. The summed E-state index contributed by atoms with van der Waals surface area (Å²) in [7, 11) is 0. The summed E-state index contributed by atoms with van der Waals surface area (Å²) in [4.78, 5) is 0. The van der Waals surface area contributed by atoms with Crippen molar-refractivity contribution in [3.8, 4) is 0 Å². The Morgan fingerprint density at radius 2 is 1.26 bits per heavy atom. The van der Waals surface area contributed by atoms with Crippen molar-refractivity contribution in [1.29, 1.82) is 0 Å². The van der Waals surface area contributed by atoms with Crippen LogP contribution in [-0.2, 0) is 14.2 Å². The Balaban J connectivity index is 2.11. The van der Waals surface area contributed by atoms with Gasteiger partial charge < -0.3 is 14.2 Å². The number of ether oxygens (including phenoxy) is 3. The number of hydrogen-bond acceptors (Lipinski definition) is 3. The molecule has 2 aliphatic rings. The molecule has 0 spiro atoms. The first-order valence-electron chi connectivity index (χ1n) is 9.78. The molecule has 2 fully saturated rings. The average Bonchev–Trinajstić information content (AvgIpc) is 2.55. The Kier molecular flexibility index (Phi) is 6.55. The standard InChI is InChI=1S/C20H38O3/c1-9-17-13(5)11(3)15(7)20(22-17)23-19-14(6)12(4)16(8)21-18(19)10-2/h11-20H,9-10H2,1-8H3/t11-,12?,13-,14-,15?,16?,17?,18?,19+,20-/m0/s1. The van der Waals surface area contributed by atoms with Gasteiger partial charge in [-0.2, -0.15) is 0 Å². The summed E-state index contributed by atoms with van der Waals surface area (Å²) in [5, 5.41) is 0. The van der Waals surface area contributed by atoms with Gasteiger partial charge in [-0.05, 0) is 43.4 Å². The van der Waals surface area contributed by atoms with E-state index in [0.717, 1.165) is 12.8 Å². The van der Waals surface area contributed by atoms with Crippen molar-refractivity contribution in [1.82, 2.24) is 0 Å². The lowest BCUT2D eigenvalue weighted by atomic mass is 9.77. The second-order valence-electron chi connectivity index (χ2n) is 8.14. The molecule has 2 saturated heterocycles. The maximum absolute atomic E-state index is 6.58. The summed E-state index contributed by atoms with van der Waals surface area (Å²) in [5.41, 5.74) is 0. The van der Waals surface area contributed by atoms with Gasteiger partial charge in [0.1, 0.15) is 0 Å². The Morgan fingerprint density at radius 1 is 0.652 bits per heavy atom. The highest BCUT2D eigenvalue weighted by atomic mass is 16.7. The Bertz CT molecular complexity index is 368. The van der Waals surface area contributed by atoms with Crippen LogP contribution >= 0.6 is 0 Å². The van der Waals surface area contributed by atoms with Gasteiger partial charge in [0.25, 0.3) is 0 Å². The Labute approximate surface area is 143 Å². The van der Waals surface area contributed by atoms with Gasteiger partial charge in [-0.3, -0.25) is 0 Å². The van der Waals surface area contributed by atoms with E-state index in [2.05, 4.69) is 55.4 Å². The van der Waals surface area contributed by atoms with Crippen molar-refractivity contribution in [3.63, 3.8) is 0 Å². The summed E-state index contributed by atoms with van der Waals surface area (Å²) in [6.07, 6.45) is 2.88. The minimum atomic E-state index is -0.100. The average molecular weight is 327 g/mol. The van der Waals surface area contributed by atoms with Crippen LogP contribution in [-0.4, -0.2) is 30.7 Å². The largest absolute Gasteiger partial charge is 0.372 e. The molecular weight excluding hydrogens is 288 g/mol. The van der Waals surface area contributed by atoms with E-state index >= 15 is 0 Å². The summed E-state index contributed by atoms with van der Waals surface area (Å²) in [5.74, 6) is 2.65. The molecular formula is C20H38O3. The predicted molar refractivity (Wildman–Crippen MR) is 94.3 cm³/mol. The monoisotopic (exact) mass is 326 g/mol. The van der Waals surface area contributed by atoms with Crippen LogP contribution in [0, 0.1) is 29.6 Å². The van der Waals surface area contributed by atoms with E-state index in [4.69, 9.17) is 14.2 Å². The van der Waals surface area contributed by atoms with Gasteiger partial charge in [-0.15, -0.1) is 0 Å². The van der Waals surface area contributed by atoms with E-state index in [9.17, 15) is 0 Å². The molecule has 0 aromatic heterocycles. The first-order chi connectivity index (χ1) is 10.8. The third kappa shape index (κ3) is 3.77. The maximum atomic E-state index is 6.58. The third-order valence-electron chi connectivity index (χ3n) is 6.92. The second kappa shape index (κ2) is 7.84. The van der Waals surface area contributed by atoms with Crippen molar-refractivity contribution in [3.05, 3.63) is 0 Å². The summed E-state index contributed by atoms with van der Waals surface area (Å²) in [6.45, 7) is 18.1. The lowest BCUT2D eigenvalue weighted by Gasteiger charge is -2.48. The smallest absolute Gasteiger partial charge is 0.161 e. The van der Waals surface area contributed by atoms with Crippen molar-refractivity contribution in [2.45, 2.75) is 98.9 Å². The molecule has 2 heterocycles. The molecule has 0 saturated carbocycles. The van der Waals surface area contributed by atoms with Crippen LogP contribution in [0.5, 0.6) is 0 Å². The van der Waals surface area contributed by atoms with Crippen LogP contribution in [0.25, 0.3) is 0 Å². The molecule has 5 unspecified atom stereocenters. The predicted octanol–water partition coefficient (Wildman–Crippen LogP) is 4.88. The minimum absolute atomic E-state index is 0.100. The molecule has 2 rings (SSSR count). The summed E-state index contributed by atoms with van der Waals surface area (Å²) in [6, 6.07) is 0. The topological polar surface area (TPSA) is 27.7 Å². The fraction of sp³-hybridized carbons (Fsp3) is 1.00. The van der Waals surface area contributed by atoms with Gasteiger partial charge >= 0.3 is 0 Å². The Hall–Kier alpha value is -0.120. The molecule has 0 amide bonds. The van der Waals surface area contributed by atoms with Gasteiger partial charge in [0.15, 0.2) is 6.29 Å². The summed E-state index contributed by atoms with van der Waals surface area (Å²) >= 11 is 0. The molecule has 0 radical (unpaired) electrons. The molecule has 0 N–H and O–H groups in total. The van der Waals surface area contributed by atoms with Gasteiger partial charge in [-0.1, -0.05) is 48.5 Å². The van der Waals surface area contributed by atoms with Gasteiger partial charge in [-0.25, -0.2) is 0 Å². The van der Waals surface area contributed by atoms with E-state index in [-0.39, 0.29) is 18.5 Å². The van der Waals surface area contributed by atoms with Crippen molar-refractivity contribution < 1.29 is 14.2 Å². The first kappa shape index (κ1) is 19.2. The molecule has 0 aliphatic carbocycles. The van der Waals surface area contributed by atoms with Crippen LogP contribution in [0.4, 0.5) is 0 Å². The minimum Gasteiger partial charge on any atom is -0.372 e. The van der Waals surface area contributed by atoms with Gasteiger partial charge in [0.05, 0.1) is 24.4 Å².